The van der Waals surface area contributed by atoms with Gasteiger partial charge in [0.1, 0.15) is 6.54 Å². The second-order valence-electron chi connectivity index (χ2n) is 4.49. The summed E-state index contributed by atoms with van der Waals surface area (Å²) in [6.45, 7) is 3.82. The number of nitrogens with zero attached hydrogens (tertiary/aromatic N) is 1. The fourth-order valence-electron chi connectivity index (χ4n) is 2.25. The lowest BCUT2D eigenvalue weighted by molar-refractivity contribution is -0.121. The summed E-state index contributed by atoms with van der Waals surface area (Å²) in [7, 11) is 0. The second kappa shape index (κ2) is 5.65. The Hall–Kier alpha value is -2.17. The van der Waals surface area contributed by atoms with Crippen LogP contribution in [0.25, 0.3) is 0 Å². The van der Waals surface area contributed by atoms with Crippen LogP contribution in [0.5, 0.6) is 0 Å². The molecule has 1 aliphatic carbocycles. The number of carbonyl (C=O) groups is 2. The third-order valence-electron chi connectivity index (χ3n) is 3.16. The normalized spacial score (nSPS) is 13.8. The molecule has 1 heterocycles. The van der Waals surface area contributed by atoms with Gasteiger partial charge < -0.3 is 9.88 Å². The van der Waals surface area contributed by atoms with Crippen molar-refractivity contribution >= 4 is 11.7 Å². The molecule has 0 aromatic carbocycles. The number of nitrogens with one attached hydrogen (secondary N) is 1. The van der Waals surface area contributed by atoms with E-state index in [1.807, 2.05) is 0 Å². The fraction of sp³-hybridized carbons (Fsp3) is 0.357. The van der Waals surface area contributed by atoms with Crippen LogP contribution in [-0.4, -0.2) is 22.8 Å². The van der Waals surface area contributed by atoms with Crippen LogP contribution in [0.3, 0.4) is 0 Å². The SMILES string of the molecule is C=CCNC(=O)Cn1c2c(ccc1=O)C(=O)CCC2. The number of rotatable bonds is 4. The van der Waals surface area contributed by atoms with E-state index in [0.29, 0.717) is 30.6 Å². The smallest absolute Gasteiger partial charge is 0.251 e. The van der Waals surface area contributed by atoms with Crippen molar-refractivity contribution in [3.63, 3.8) is 0 Å². The van der Waals surface area contributed by atoms with E-state index in [0.717, 1.165) is 6.42 Å². The molecule has 0 saturated heterocycles. The average Bonchev–Trinajstić information content (AvgIpc) is 2.40. The molecule has 2 rings (SSSR count). The highest BCUT2D eigenvalue weighted by Crippen LogP contribution is 2.19. The molecule has 0 unspecified atom stereocenters. The first-order valence-corrected chi connectivity index (χ1v) is 6.27. The third-order valence-corrected chi connectivity index (χ3v) is 3.16. The summed E-state index contributed by atoms with van der Waals surface area (Å²) >= 11 is 0. The van der Waals surface area contributed by atoms with Crippen LogP contribution in [0.2, 0.25) is 0 Å². The molecule has 0 radical (unpaired) electrons. The van der Waals surface area contributed by atoms with Gasteiger partial charge in [-0.25, -0.2) is 0 Å². The molecule has 0 fully saturated rings. The van der Waals surface area contributed by atoms with E-state index in [4.69, 9.17) is 0 Å². The molecule has 5 nitrogen and oxygen atoms in total. The summed E-state index contributed by atoms with van der Waals surface area (Å²) in [4.78, 5) is 35.3. The molecular formula is C14H16N2O3. The van der Waals surface area contributed by atoms with Crippen molar-refractivity contribution in [2.45, 2.75) is 25.8 Å². The zero-order chi connectivity index (χ0) is 13.8. The van der Waals surface area contributed by atoms with Crippen molar-refractivity contribution in [3.8, 4) is 0 Å². The Balaban J connectivity index is 2.32. The van der Waals surface area contributed by atoms with Crippen LogP contribution in [-0.2, 0) is 17.8 Å². The standard InChI is InChI=1S/C14H16N2O3/c1-2-8-15-13(18)9-16-11-4-3-5-12(17)10(11)6-7-14(16)19/h2,6-7H,1,3-5,8-9H2,(H,15,18). The number of fused-ring (bicyclic) bond motifs is 1. The summed E-state index contributed by atoms with van der Waals surface area (Å²) in [5, 5.41) is 2.62. The maximum Gasteiger partial charge on any atom is 0.251 e. The first kappa shape index (κ1) is 13.3. The second-order valence-corrected chi connectivity index (χ2v) is 4.49. The van der Waals surface area contributed by atoms with Crippen LogP contribution in [0, 0.1) is 0 Å². The van der Waals surface area contributed by atoms with Gasteiger partial charge in [0.2, 0.25) is 5.91 Å². The van der Waals surface area contributed by atoms with E-state index < -0.39 is 0 Å². The third kappa shape index (κ3) is 2.81. The molecule has 19 heavy (non-hydrogen) atoms. The Labute approximate surface area is 110 Å². The predicted molar refractivity (Wildman–Crippen MR) is 71.2 cm³/mol. The maximum atomic E-state index is 11.9. The molecule has 0 atom stereocenters. The Morgan fingerprint density at radius 1 is 1.37 bits per heavy atom. The molecule has 0 saturated carbocycles. The van der Waals surface area contributed by atoms with Crippen molar-refractivity contribution in [2.75, 3.05) is 6.54 Å². The Morgan fingerprint density at radius 3 is 2.89 bits per heavy atom. The maximum absolute atomic E-state index is 11.9. The van der Waals surface area contributed by atoms with Crippen molar-refractivity contribution in [2.24, 2.45) is 0 Å². The number of Topliss-reactive ketones (excluding diaryl/α,β-unsaturated/α-hetero) is 1. The van der Waals surface area contributed by atoms with Crippen LogP contribution in [0.15, 0.2) is 29.6 Å². The summed E-state index contributed by atoms with van der Waals surface area (Å²) in [6.07, 6.45) is 3.47. The number of carbonyl (C=O) groups excluding carboxylic acids is 2. The summed E-state index contributed by atoms with van der Waals surface area (Å²) < 4.78 is 1.39. The van der Waals surface area contributed by atoms with Gasteiger partial charge >= 0.3 is 0 Å². The summed E-state index contributed by atoms with van der Waals surface area (Å²) in [5.74, 6) is -0.213. The molecule has 0 bridgehead atoms. The minimum atomic E-state index is -0.256. The molecule has 5 heteroatoms. The first-order chi connectivity index (χ1) is 9.13. The molecule has 1 aromatic rings. The van der Waals surface area contributed by atoms with Gasteiger partial charge in [-0.2, -0.15) is 0 Å². The molecule has 1 aliphatic rings. The minimum absolute atomic E-state index is 0.0431. The summed E-state index contributed by atoms with van der Waals surface area (Å²) in [5.41, 5.74) is 1.00. The number of hydrogen-bond acceptors (Lipinski definition) is 3. The first-order valence-electron chi connectivity index (χ1n) is 6.27. The zero-order valence-electron chi connectivity index (χ0n) is 10.6. The Kier molecular flexibility index (Phi) is 3.94. The lowest BCUT2D eigenvalue weighted by Crippen LogP contribution is -2.35. The van der Waals surface area contributed by atoms with Gasteiger partial charge in [0.05, 0.1) is 0 Å². The Morgan fingerprint density at radius 2 is 2.16 bits per heavy atom. The van der Waals surface area contributed by atoms with Gasteiger partial charge in [0, 0.05) is 30.3 Å². The van der Waals surface area contributed by atoms with E-state index in [1.165, 1.54) is 10.6 Å². The topological polar surface area (TPSA) is 68.2 Å². The lowest BCUT2D eigenvalue weighted by atomic mass is 9.94. The number of amides is 1. The van der Waals surface area contributed by atoms with Gasteiger partial charge in [-0.05, 0) is 18.9 Å². The minimum Gasteiger partial charge on any atom is -0.351 e. The monoisotopic (exact) mass is 260 g/mol. The molecule has 0 spiro atoms. The van der Waals surface area contributed by atoms with Crippen molar-refractivity contribution in [1.29, 1.82) is 0 Å². The largest absolute Gasteiger partial charge is 0.351 e. The van der Waals surface area contributed by atoms with Crippen molar-refractivity contribution < 1.29 is 9.59 Å². The van der Waals surface area contributed by atoms with Crippen LogP contribution in [0.1, 0.15) is 28.9 Å². The molecule has 100 valence electrons. The highest BCUT2D eigenvalue weighted by molar-refractivity contribution is 5.98. The quantitative estimate of drug-likeness (QED) is 0.809. The van der Waals surface area contributed by atoms with Gasteiger partial charge in [0.15, 0.2) is 5.78 Å². The van der Waals surface area contributed by atoms with Crippen molar-refractivity contribution in [3.05, 3.63) is 46.4 Å². The van der Waals surface area contributed by atoms with Crippen LogP contribution < -0.4 is 10.9 Å². The average molecular weight is 260 g/mol. The predicted octanol–water partition coefficient (Wildman–Crippen LogP) is 0.669. The molecule has 1 amide bonds. The van der Waals surface area contributed by atoms with E-state index in [-0.39, 0.29) is 23.8 Å². The molecule has 0 aliphatic heterocycles. The number of pyridine rings is 1. The van der Waals surface area contributed by atoms with E-state index in [1.54, 1.807) is 12.1 Å². The van der Waals surface area contributed by atoms with Gasteiger partial charge in [-0.3, -0.25) is 14.4 Å². The number of hydrogen-bond donors (Lipinski definition) is 1. The van der Waals surface area contributed by atoms with Crippen LogP contribution in [0.4, 0.5) is 0 Å². The van der Waals surface area contributed by atoms with Crippen molar-refractivity contribution in [1.82, 2.24) is 9.88 Å². The van der Waals surface area contributed by atoms with E-state index in [2.05, 4.69) is 11.9 Å². The lowest BCUT2D eigenvalue weighted by Gasteiger charge is -2.19. The fourth-order valence-corrected chi connectivity index (χ4v) is 2.25. The summed E-state index contributed by atoms with van der Waals surface area (Å²) in [6, 6.07) is 2.92. The molecule has 1 aromatic heterocycles. The van der Waals surface area contributed by atoms with Gasteiger partial charge in [0.25, 0.3) is 5.56 Å². The number of ketones is 1. The van der Waals surface area contributed by atoms with Gasteiger partial charge in [-0.1, -0.05) is 6.08 Å². The molecule has 1 N–H and O–H groups in total. The highest BCUT2D eigenvalue weighted by atomic mass is 16.2. The van der Waals surface area contributed by atoms with E-state index in [9.17, 15) is 14.4 Å². The van der Waals surface area contributed by atoms with E-state index >= 15 is 0 Å². The zero-order valence-corrected chi connectivity index (χ0v) is 10.6. The Bertz CT molecular complexity index is 587. The van der Waals surface area contributed by atoms with Gasteiger partial charge in [-0.15, -0.1) is 6.58 Å². The highest BCUT2D eigenvalue weighted by Gasteiger charge is 2.21. The molecular weight excluding hydrogens is 244 g/mol. The van der Waals surface area contributed by atoms with Crippen LogP contribution >= 0.6 is 0 Å². The number of aromatic nitrogens is 1.